The van der Waals surface area contributed by atoms with Crippen molar-refractivity contribution < 1.29 is 0 Å². The summed E-state index contributed by atoms with van der Waals surface area (Å²) in [7, 11) is 0. The maximum Gasteiger partial charge on any atom is 0.116 e. The Hall–Kier alpha value is -3.47. The van der Waals surface area contributed by atoms with E-state index in [9.17, 15) is 0 Å². The zero-order valence-corrected chi connectivity index (χ0v) is 13.9. The van der Waals surface area contributed by atoms with Crippen molar-refractivity contribution in [2.45, 2.75) is 6.92 Å². The monoisotopic (exact) mass is 327 g/mol. The van der Waals surface area contributed by atoms with E-state index in [1.54, 1.807) is 18.6 Å². The zero-order valence-electron chi connectivity index (χ0n) is 13.9. The number of hydrogen-bond acceptors (Lipinski definition) is 4. The Morgan fingerprint density at radius 2 is 1.64 bits per heavy atom. The summed E-state index contributed by atoms with van der Waals surface area (Å²) in [5.74, 6) is 0. The van der Waals surface area contributed by atoms with Crippen LogP contribution in [0.3, 0.4) is 0 Å². The van der Waals surface area contributed by atoms with E-state index in [0.29, 0.717) is 0 Å². The predicted molar refractivity (Wildman–Crippen MR) is 99.8 cm³/mol. The third-order valence-corrected chi connectivity index (χ3v) is 4.02. The largest absolute Gasteiger partial charge is 0.265 e. The normalized spacial score (nSPS) is 13.9. The van der Waals surface area contributed by atoms with Gasteiger partial charge in [-0.1, -0.05) is 24.3 Å². The number of allylic oxidation sites excluding steroid dienone is 2. The van der Waals surface area contributed by atoms with Crippen LogP contribution < -0.4 is 5.01 Å². The Balaban J connectivity index is 1.76. The molecule has 5 nitrogen and oxygen atoms in total. The Kier molecular flexibility index (Phi) is 3.74. The molecule has 0 amide bonds. The van der Waals surface area contributed by atoms with Gasteiger partial charge < -0.3 is 0 Å². The fourth-order valence-corrected chi connectivity index (χ4v) is 2.68. The van der Waals surface area contributed by atoms with Gasteiger partial charge in [0.2, 0.25) is 0 Å². The summed E-state index contributed by atoms with van der Waals surface area (Å²) < 4.78 is 1.88. The highest BCUT2D eigenvalue weighted by molar-refractivity contribution is 6.14. The Morgan fingerprint density at radius 1 is 0.880 bits per heavy atom. The second-order valence-electron chi connectivity index (χ2n) is 5.80. The van der Waals surface area contributed by atoms with Gasteiger partial charge in [-0.25, -0.2) is 9.69 Å². The van der Waals surface area contributed by atoms with E-state index in [2.05, 4.69) is 47.9 Å². The molecule has 25 heavy (non-hydrogen) atoms. The van der Waals surface area contributed by atoms with E-state index >= 15 is 0 Å². The van der Waals surface area contributed by atoms with Crippen LogP contribution in [-0.4, -0.2) is 20.5 Å². The van der Waals surface area contributed by atoms with E-state index in [1.165, 1.54) is 5.56 Å². The van der Waals surface area contributed by atoms with Gasteiger partial charge in [0.25, 0.3) is 0 Å². The maximum atomic E-state index is 4.75. The minimum atomic E-state index is 0.789. The summed E-state index contributed by atoms with van der Waals surface area (Å²) in [6.45, 7) is 6.20. The van der Waals surface area contributed by atoms with Crippen LogP contribution in [0.25, 0.3) is 5.69 Å². The van der Waals surface area contributed by atoms with Crippen LogP contribution in [0.5, 0.6) is 0 Å². The van der Waals surface area contributed by atoms with Crippen LogP contribution >= 0.6 is 0 Å². The van der Waals surface area contributed by atoms with E-state index in [0.717, 1.165) is 28.4 Å². The SMILES string of the molecule is C=C1C=CN(c2ccncc2)N=C1c1ccnn1-c1ccc(C)cc1. The minimum absolute atomic E-state index is 0.789. The smallest absolute Gasteiger partial charge is 0.116 e. The molecule has 2 aromatic heterocycles. The quantitative estimate of drug-likeness (QED) is 0.733. The van der Waals surface area contributed by atoms with Gasteiger partial charge in [0.15, 0.2) is 0 Å². The van der Waals surface area contributed by atoms with Gasteiger partial charge in [0, 0.05) is 18.6 Å². The standard InChI is InChI=1S/C20H17N5/c1-15-3-5-18(6-4-15)25-19(9-13-22-25)20-16(2)10-14-24(23-20)17-7-11-21-12-8-17/h3-14H,2H2,1H3. The summed E-state index contributed by atoms with van der Waals surface area (Å²) in [5.41, 5.74) is 5.68. The van der Waals surface area contributed by atoms with Crippen molar-refractivity contribution in [1.29, 1.82) is 0 Å². The van der Waals surface area contributed by atoms with Gasteiger partial charge >= 0.3 is 0 Å². The number of anilines is 1. The van der Waals surface area contributed by atoms with Crippen LogP contribution in [0.4, 0.5) is 5.69 Å². The van der Waals surface area contributed by atoms with Gasteiger partial charge in [-0.2, -0.15) is 10.2 Å². The molecule has 0 saturated heterocycles. The summed E-state index contributed by atoms with van der Waals surface area (Å²) in [6.07, 6.45) is 9.12. The highest BCUT2D eigenvalue weighted by Crippen LogP contribution is 2.22. The van der Waals surface area contributed by atoms with Crippen LogP contribution in [0.15, 0.2) is 90.6 Å². The van der Waals surface area contributed by atoms with Crippen molar-refractivity contribution in [2.75, 3.05) is 5.01 Å². The number of hydrazone groups is 1. The molecule has 0 spiro atoms. The van der Waals surface area contributed by atoms with E-state index in [1.807, 2.05) is 40.2 Å². The summed E-state index contributed by atoms with van der Waals surface area (Å²) in [6, 6.07) is 14.0. The zero-order chi connectivity index (χ0) is 17.2. The van der Waals surface area contributed by atoms with Crippen molar-refractivity contribution in [2.24, 2.45) is 5.10 Å². The molecule has 0 unspecified atom stereocenters. The lowest BCUT2D eigenvalue weighted by Gasteiger charge is -2.21. The topological polar surface area (TPSA) is 46.3 Å². The predicted octanol–water partition coefficient (Wildman–Crippen LogP) is 3.87. The van der Waals surface area contributed by atoms with Crippen molar-refractivity contribution in [1.82, 2.24) is 14.8 Å². The highest BCUT2D eigenvalue weighted by atomic mass is 15.5. The van der Waals surface area contributed by atoms with E-state index in [4.69, 9.17) is 5.10 Å². The molecule has 3 heterocycles. The Morgan fingerprint density at radius 3 is 2.40 bits per heavy atom. The molecule has 0 aliphatic carbocycles. The molecule has 5 heteroatoms. The molecular formula is C20H17N5. The number of aromatic nitrogens is 3. The van der Waals surface area contributed by atoms with Crippen LogP contribution in [-0.2, 0) is 0 Å². The molecule has 0 N–H and O–H groups in total. The molecule has 0 saturated carbocycles. The lowest BCUT2D eigenvalue weighted by atomic mass is 10.1. The van der Waals surface area contributed by atoms with Crippen molar-refractivity contribution in [3.8, 4) is 5.69 Å². The molecular weight excluding hydrogens is 310 g/mol. The molecule has 0 fully saturated rings. The first-order valence-electron chi connectivity index (χ1n) is 7.99. The van der Waals surface area contributed by atoms with Crippen LogP contribution in [0.1, 0.15) is 11.3 Å². The van der Waals surface area contributed by atoms with Crippen molar-refractivity contribution in [3.63, 3.8) is 0 Å². The maximum absolute atomic E-state index is 4.75. The molecule has 1 aliphatic heterocycles. The number of benzene rings is 1. The van der Waals surface area contributed by atoms with Gasteiger partial charge in [0.1, 0.15) is 5.71 Å². The lowest BCUT2D eigenvalue weighted by molar-refractivity contribution is 0.868. The summed E-state index contributed by atoms with van der Waals surface area (Å²) >= 11 is 0. The van der Waals surface area contributed by atoms with Crippen molar-refractivity contribution in [3.05, 3.63) is 96.7 Å². The molecule has 3 aromatic rings. The summed E-state index contributed by atoms with van der Waals surface area (Å²) in [4.78, 5) is 4.05. The second kappa shape index (κ2) is 6.20. The first-order chi connectivity index (χ1) is 12.2. The van der Waals surface area contributed by atoms with E-state index in [-0.39, 0.29) is 0 Å². The fourth-order valence-electron chi connectivity index (χ4n) is 2.68. The third-order valence-electron chi connectivity index (χ3n) is 4.02. The molecule has 0 bridgehead atoms. The minimum Gasteiger partial charge on any atom is -0.265 e. The molecule has 4 rings (SSSR count). The summed E-state index contributed by atoms with van der Waals surface area (Å²) in [5, 5.41) is 11.0. The molecule has 0 atom stereocenters. The fraction of sp³-hybridized carbons (Fsp3) is 0.0500. The van der Waals surface area contributed by atoms with Crippen molar-refractivity contribution >= 4 is 11.4 Å². The van der Waals surface area contributed by atoms with Crippen LogP contribution in [0, 0.1) is 6.92 Å². The molecule has 0 radical (unpaired) electrons. The number of nitrogens with zero attached hydrogens (tertiary/aromatic N) is 5. The van der Waals surface area contributed by atoms with Crippen LogP contribution in [0.2, 0.25) is 0 Å². The van der Waals surface area contributed by atoms with Gasteiger partial charge in [-0.15, -0.1) is 0 Å². The molecule has 1 aliphatic rings. The third kappa shape index (κ3) is 2.87. The highest BCUT2D eigenvalue weighted by Gasteiger charge is 2.18. The average molecular weight is 327 g/mol. The molecule has 122 valence electrons. The molecule has 1 aromatic carbocycles. The average Bonchev–Trinajstić information content (AvgIpc) is 3.13. The first-order valence-corrected chi connectivity index (χ1v) is 7.99. The Bertz CT molecular complexity index is 965. The Labute approximate surface area is 146 Å². The van der Waals surface area contributed by atoms with Gasteiger partial charge in [-0.05, 0) is 48.9 Å². The number of aryl methyl sites for hydroxylation is 1. The number of hydrogen-bond donors (Lipinski definition) is 0. The second-order valence-corrected chi connectivity index (χ2v) is 5.80. The lowest BCUT2D eigenvalue weighted by Crippen LogP contribution is -2.20. The first kappa shape index (κ1) is 15.1. The number of pyridine rings is 1. The van der Waals surface area contributed by atoms with Gasteiger partial charge in [-0.3, -0.25) is 4.98 Å². The van der Waals surface area contributed by atoms with Gasteiger partial charge in [0.05, 0.1) is 23.3 Å². The number of rotatable bonds is 3. The van der Waals surface area contributed by atoms with E-state index < -0.39 is 0 Å².